The summed E-state index contributed by atoms with van der Waals surface area (Å²) >= 11 is 0.734. The fourth-order valence-electron chi connectivity index (χ4n) is 3.86. The minimum absolute atomic E-state index is 0.0586. The number of nitrogens with one attached hydrogen (secondary N) is 1. The van der Waals surface area contributed by atoms with Gasteiger partial charge in [-0.05, 0) is 38.8 Å². The molecular weight excluding hydrogens is 638 g/mol. The SMILES string of the molecule is CC.CC.CC(C)(C)OC(=O)Nc1cc(C(F)(F)F)c2nc1-c1nnc(o1)C(OCc1ccccc1)(C(F)(F)F)C/C=C/CCS2. The fraction of sp³-hybridized carbons (Fsp3) is 0.484. The average Bonchev–Trinajstić information content (AvgIpc) is 3.47. The Morgan fingerprint density at radius 1 is 1.00 bits per heavy atom. The molecule has 1 aliphatic rings. The van der Waals surface area contributed by atoms with E-state index in [0.717, 1.165) is 11.8 Å². The maximum Gasteiger partial charge on any atom is 0.426 e. The topological polar surface area (TPSA) is 99.4 Å². The second-order valence-electron chi connectivity index (χ2n) is 10.2. The second-order valence-corrected chi connectivity index (χ2v) is 11.3. The smallest absolute Gasteiger partial charge is 0.426 e. The van der Waals surface area contributed by atoms with Crippen LogP contribution < -0.4 is 5.32 Å². The van der Waals surface area contributed by atoms with Crippen molar-refractivity contribution in [3.8, 4) is 11.6 Å². The Morgan fingerprint density at radius 2 is 1.65 bits per heavy atom. The number of halogens is 6. The number of allylic oxidation sites excluding steroid dienone is 1. The van der Waals surface area contributed by atoms with Crippen LogP contribution in [0.15, 0.2) is 58.0 Å². The molecule has 2 aromatic heterocycles. The second kappa shape index (κ2) is 16.3. The summed E-state index contributed by atoms with van der Waals surface area (Å²) in [6, 6.07) is 8.74. The first kappa shape index (κ1) is 38.6. The third-order valence-electron chi connectivity index (χ3n) is 5.78. The lowest BCUT2D eigenvalue weighted by Gasteiger charge is -2.31. The number of fused-ring (bicyclic) bond motifs is 5. The summed E-state index contributed by atoms with van der Waals surface area (Å²) in [5.41, 5.74) is -5.85. The lowest BCUT2D eigenvalue weighted by Crippen LogP contribution is -2.45. The molecule has 1 aliphatic heterocycles. The first-order chi connectivity index (χ1) is 21.6. The minimum Gasteiger partial charge on any atom is -0.444 e. The van der Waals surface area contributed by atoms with Gasteiger partial charge in [-0.2, -0.15) is 26.3 Å². The molecule has 46 heavy (non-hydrogen) atoms. The van der Waals surface area contributed by atoms with E-state index in [0.29, 0.717) is 11.6 Å². The predicted octanol–water partition coefficient (Wildman–Crippen LogP) is 9.97. The van der Waals surface area contributed by atoms with Gasteiger partial charge in [-0.25, -0.2) is 9.78 Å². The zero-order valence-corrected chi connectivity index (χ0v) is 27.4. The summed E-state index contributed by atoms with van der Waals surface area (Å²) in [6.45, 7) is 12.2. The maximum atomic E-state index is 14.8. The molecule has 15 heteroatoms. The highest BCUT2D eigenvalue weighted by molar-refractivity contribution is 7.99. The van der Waals surface area contributed by atoms with Gasteiger partial charge in [0.15, 0.2) is 5.69 Å². The van der Waals surface area contributed by atoms with Gasteiger partial charge in [-0.3, -0.25) is 5.32 Å². The minimum atomic E-state index is -5.05. The summed E-state index contributed by atoms with van der Waals surface area (Å²) in [4.78, 5) is 16.5. The highest BCUT2D eigenvalue weighted by atomic mass is 32.2. The molecule has 4 rings (SSSR count). The number of rotatable bonds is 4. The Bertz CT molecular complexity index is 1440. The number of hydrogen-bond acceptors (Lipinski definition) is 8. The highest BCUT2D eigenvalue weighted by Crippen LogP contribution is 2.47. The third kappa shape index (κ3) is 9.95. The van der Waals surface area contributed by atoms with Crippen LogP contribution >= 0.6 is 11.8 Å². The van der Waals surface area contributed by atoms with Crippen molar-refractivity contribution in [1.29, 1.82) is 0 Å². The highest BCUT2D eigenvalue weighted by Gasteiger charge is 2.61. The van der Waals surface area contributed by atoms with Crippen molar-refractivity contribution >= 4 is 23.5 Å². The van der Waals surface area contributed by atoms with Crippen LogP contribution in [0.5, 0.6) is 0 Å². The largest absolute Gasteiger partial charge is 0.444 e. The molecule has 0 fully saturated rings. The first-order valence-corrected chi connectivity index (χ1v) is 15.6. The predicted molar refractivity (Wildman–Crippen MR) is 163 cm³/mol. The molecule has 1 N–H and O–H groups in total. The Balaban J connectivity index is 0.00000177. The first-order valence-electron chi connectivity index (χ1n) is 14.6. The molecule has 0 saturated heterocycles. The molecule has 1 atom stereocenters. The van der Waals surface area contributed by atoms with E-state index in [1.165, 1.54) is 12.2 Å². The van der Waals surface area contributed by atoms with Gasteiger partial charge in [0.1, 0.15) is 10.6 Å². The van der Waals surface area contributed by atoms with E-state index in [4.69, 9.17) is 13.9 Å². The van der Waals surface area contributed by atoms with Crippen LogP contribution in [0.4, 0.5) is 36.8 Å². The number of thioether (sulfide) groups is 1. The van der Waals surface area contributed by atoms with Crippen molar-refractivity contribution in [2.24, 2.45) is 0 Å². The van der Waals surface area contributed by atoms with Crippen molar-refractivity contribution in [3.05, 3.63) is 65.6 Å². The summed E-state index contributed by atoms with van der Waals surface area (Å²) in [5, 5.41) is 9.01. The van der Waals surface area contributed by atoms with Gasteiger partial charge >= 0.3 is 18.4 Å². The van der Waals surface area contributed by atoms with Crippen LogP contribution in [0.1, 0.15) is 78.3 Å². The van der Waals surface area contributed by atoms with Crippen molar-refractivity contribution in [2.75, 3.05) is 11.1 Å². The Labute approximate surface area is 268 Å². The summed E-state index contributed by atoms with van der Waals surface area (Å²) in [6.07, 6.45) is -9.07. The number of pyridine rings is 1. The fourth-order valence-corrected chi connectivity index (χ4v) is 4.80. The van der Waals surface area contributed by atoms with Gasteiger partial charge in [0, 0.05) is 12.2 Å². The molecule has 0 radical (unpaired) electrons. The zero-order chi connectivity index (χ0) is 34.8. The number of aromatic nitrogens is 3. The van der Waals surface area contributed by atoms with Crippen LogP contribution in [-0.4, -0.2) is 38.8 Å². The number of carbonyl (C=O) groups is 1. The molecule has 1 unspecified atom stereocenters. The van der Waals surface area contributed by atoms with E-state index >= 15 is 0 Å². The number of hydrogen-bond donors (Lipinski definition) is 1. The van der Waals surface area contributed by atoms with Crippen molar-refractivity contribution < 1.29 is 45.0 Å². The number of carbonyl (C=O) groups excluding carboxylic acids is 1. The molecule has 8 nitrogen and oxygen atoms in total. The van der Waals surface area contributed by atoms with Gasteiger partial charge in [-0.1, -0.05) is 70.2 Å². The molecule has 3 aromatic rings. The zero-order valence-electron chi connectivity index (χ0n) is 26.6. The molecule has 1 aromatic carbocycles. The molecule has 1 amide bonds. The van der Waals surface area contributed by atoms with E-state index in [-0.39, 0.29) is 12.2 Å². The van der Waals surface area contributed by atoms with Gasteiger partial charge < -0.3 is 13.9 Å². The van der Waals surface area contributed by atoms with E-state index < -0.39 is 76.4 Å². The molecule has 254 valence electrons. The van der Waals surface area contributed by atoms with Crippen molar-refractivity contribution in [2.45, 2.75) is 96.5 Å². The lowest BCUT2D eigenvalue weighted by molar-refractivity contribution is -0.295. The number of nitrogens with zero attached hydrogens (tertiary/aromatic N) is 3. The maximum absolute atomic E-state index is 14.8. The van der Waals surface area contributed by atoms with Crippen molar-refractivity contribution in [1.82, 2.24) is 15.2 Å². The molecule has 0 saturated carbocycles. The van der Waals surface area contributed by atoms with Crippen LogP contribution in [-0.2, 0) is 27.9 Å². The van der Waals surface area contributed by atoms with Gasteiger partial charge in [0.2, 0.25) is 5.60 Å². The molecule has 0 spiro atoms. The van der Waals surface area contributed by atoms with Gasteiger partial charge in [0.05, 0.1) is 17.9 Å². The number of alkyl halides is 6. The molecule has 4 bridgehead atoms. The molecular formula is C31H38F6N4O4S. The Morgan fingerprint density at radius 3 is 2.24 bits per heavy atom. The molecule has 3 heterocycles. The van der Waals surface area contributed by atoms with Crippen LogP contribution in [0, 0.1) is 0 Å². The van der Waals surface area contributed by atoms with Crippen LogP contribution in [0.3, 0.4) is 0 Å². The van der Waals surface area contributed by atoms with Gasteiger partial charge in [0.25, 0.3) is 11.8 Å². The number of anilines is 1. The van der Waals surface area contributed by atoms with Crippen LogP contribution in [0.25, 0.3) is 11.6 Å². The van der Waals surface area contributed by atoms with E-state index in [2.05, 4.69) is 20.5 Å². The standard InChI is InChI=1S/C27H26F6N4O4S.2C2H6/c1-24(2,3)41-23(38)34-18-14-17(26(28,29)30)21-35-19(18)20-36-37-22(40-20)25(27(31,32)33,12-8-5-9-13-42-21)39-15-16-10-6-4-7-11-16;2*1-2/h4-8,10-11,14H,9,12-13,15H2,1-3H3,(H,34,38);2*1-2H3/b8-5+;;. The average molecular weight is 677 g/mol. The van der Waals surface area contributed by atoms with Crippen LogP contribution in [0.2, 0.25) is 0 Å². The summed E-state index contributed by atoms with van der Waals surface area (Å²) in [5.74, 6) is -1.58. The summed E-state index contributed by atoms with van der Waals surface area (Å²) < 4.78 is 102. The number of amides is 1. The number of benzene rings is 1. The number of ether oxygens (including phenoxy) is 2. The van der Waals surface area contributed by atoms with Gasteiger partial charge in [-0.15, -0.1) is 22.0 Å². The van der Waals surface area contributed by atoms with E-state index in [9.17, 15) is 31.1 Å². The normalized spacial score (nSPS) is 17.4. The monoisotopic (exact) mass is 676 g/mol. The quantitative estimate of drug-likeness (QED) is 0.215. The summed E-state index contributed by atoms with van der Waals surface area (Å²) in [7, 11) is 0. The lowest BCUT2D eigenvalue weighted by atomic mass is 9.97. The Hall–Kier alpha value is -3.59. The van der Waals surface area contributed by atoms with Crippen molar-refractivity contribution in [3.63, 3.8) is 0 Å². The Kier molecular flexibility index (Phi) is 13.7. The molecule has 0 aliphatic carbocycles. The van der Waals surface area contributed by atoms with E-state index in [1.807, 2.05) is 27.7 Å². The van der Waals surface area contributed by atoms with E-state index in [1.54, 1.807) is 51.1 Å². The third-order valence-corrected chi connectivity index (χ3v) is 6.81.